The van der Waals surface area contributed by atoms with Crippen LogP contribution in [0.1, 0.15) is 30.3 Å². The molecular formula is C14H19N3O2S2. The van der Waals surface area contributed by atoms with Gasteiger partial charge in [-0.05, 0) is 24.1 Å². The lowest BCUT2D eigenvalue weighted by atomic mass is 10.1. The summed E-state index contributed by atoms with van der Waals surface area (Å²) < 4.78 is 27.6. The fraction of sp³-hybridized carbons (Fsp3) is 0.357. The highest BCUT2D eigenvalue weighted by atomic mass is 32.2. The van der Waals surface area contributed by atoms with E-state index in [0.717, 1.165) is 10.6 Å². The van der Waals surface area contributed by atoms with E-state index >= 15 is 0 Å². The van der Waals surface area contributed by atoms with Crippen LogP contribution >= 0.6 is 11.3 Å². The highest BCUT2D eigenvalue weighted by Gasteiger charge is 2.20. The summed E-state index contributed by atoms with van der Waals surface area (Å²) in [6.07, 6.45) is 2.36. The van der Waals surface area contributed by atoms with Gasteiger partial charge >= 0.3 is 0 Å². The third kappa shape index (κ3) is 3.81. The number of nitrogens with one attached hydrogen (secondary N) is 1. The van der Waals surface area contributed by atoms with Gasteiger partial charge in [0, 0.05) is 29.7 Å². The van der Waals surface area contributed by atoms with Crippen molar-refractivity contribution in [2.75, 3.05) is 12.3 Å². The predicted molar refractivity (Wildman–Crippen MR) is 85.9 cm³/mol. The summed E-state index contributed by atoms with van der Waals surface area (Å²) in [6, 6.07) is 4.99. The van der Waals surface area contributed by atoms with Gasteiger partial charge in [-0.3, -0.25) is 0 Å². The van der Waals surface area contributed by atoms with Crippen LogP contribution in [0.15, 0.2) is 34.7 Å². The highest BCUT2D eigenvalue weighted by Crippen LogP contribution is 2.21. The van der Waals surface area contributed by atoms with Crippen molar-refractivity contribution in [2.24, 2.45) is 0 Å². The maximum Gasteiger partial charge on any atom is 0.240 e. The van der Waals surface area contributed by atoms with Crippen LogP contribution in [0.2, 0.25) is 0 Å². The van der Waals surface area contributed by atoms with Crippen molar-refractivity contribution in [3.8, 4) is 0 Å². The van der Waals surface area contributed by atoms with E-state index in [1.54, 1.807) is 18.3 Å². The van der Waals surface area contributed by atoms with Crippen molar-refractivity contribution in [3.05, 3.63) is 40.3 Å². The van der Waals surface area contributed by atoms with Gasteiger partial charge in [-0.2, -0.15) is 0 Å². The maximum atomic E-state index is 12.5. The number of thiazole rings is 1. The fourth-order valence-corrected chi connectivity index (χ4v) is 4.16. The van der Waals surface area contributed by atoms with Crippen molar-refractivity contribution in [3.63, 3.8) is 0 Å². The second kappa shape index (κ2) is 6.55. The molecule has 1 aromatic carbocycles. The van der Waals surface area contributed by atoms with Crippen molar-refractivity contribution in [1.82, 2.24) is 9.71 Å². The number of nitrogen functional groups attached to an aromatic ring is 1. The van der Waals surface area contributed by atoms with Gasteiger partial charge in [0.15, 0.2) is 0 Å². The Labute approximate surface area is 129 Å². The summed E-state index contributed by atoms with van der Waals surface area (Å²) in [5.41, 5.74) is 6.92. The predicted octanol–water partition coefficient (Wildman–Crippen LogP) is 2.37. The molecule has 0 radical (unpaired) electrons. The lowest BCUT2D eigenvalue weighted by Crippen LogP contribution is -2.28. The summed E-state index contributed by atoms with van der Waals surface area (Å²) in [4.78, 5) is 4.46. The quantitative estimate of drug-likeness (QED) is 0.799. The minimum absolute atomic E-state index is 0.0333. The zero-order valence-electron chi connectivity index (χ0n) is 12.0. The average Bonchev–Trinajstić information content (AvgIpc) is 2.99. The van der Waals surface area contributed by atoms with Gasteiger partial charge in [0.25, 0.3) is 0 Å². The lowest BCUT2D eigenvalue weighted by Gasteiger charge is -2.13. The zero-order chi connectivity index (χ0) is 15.5. The molecule has 0 saturated carbocycles. The molecule has 114 valence electrons. The molecule has 7 heteroatoms. The minimum atomic E-state index is -3.56. The summed E-state index contributed by atoms with van der Waals surface area (Å²) in [6.45, 7) is 4.18. The fourth-order valence-electron chi connectivity index (χ4n) is 1.99. The Morgan fingerprint density at radius 1 is 1.43 bits per heavy atom. The minimum Gasteiger partial charge on any atom is -0.399 e. The first kappa shape index (κ1) is 15.9. The molecule has 5 nitrogen and oxygen atoms in total. The van der Waals surface area contributed by atoms with Crippen LogP contribution in [0.5, 0.6) is 0 Å². The van der Waals surface area contributed by atoms with E-state index in [0.29, 0.717) is 18.7 Å². The molecule has 0 amide bonds. The largest absolute Gasteiger partial charge is 0.399 e. The van der Waals surface area contributed by atoms with Crippen molar-refractivity contribution in [2.45, 2.75) is 31.1 Å². The normalized spacial score (nSPS) is 13.2. The first-order chi connectivity index (χ1) is 9.94. The Balaban J connectivity index is 2.17. The monoisotopic (exact) mass is 325 g/mol. The van der Waals surface area contributed by atoms with E-state index in [1.165, 1.54) is 17.4 Å². The van der Waals surface area contributed by atoms with E-state index in [2.05, 4.69) is 9.71 Å². The topological polar surface area (TPSA) is 85.1 Å². The number of aryl methyl sites for hydroxylation is 1. The number of benzene rings is 1. The molecule has 1 heterocycles. The summed E-state index contributed by atoms with van der Waals surface area (Å²) in [7, 11) is -3.56. The molecule has 0 aliphatic heterocycles. The molecule has 0 bridgehead atoms. The standard InChI is InChI=1S/C14H19N3O2S2/c1-3-11-4-5-12(15)8-13(11)21(18,19)17-9-10(2)14-16-6-7-20-14/h4-8,10,17H,3,9,15H2,1-2H3. The van der Waals surface area contributed by atoms with E-state index in [9.17, 15) is 8.42 Å². The summed E-state index contributed by atoms with van der Waals surface area (Å²) in [5, 5.41) is 2.80. The van der Waals surface area contributed by atoms with Crippen LogP contribution in [0.3, 0.4) is 0 Å². The van der Waals surface area contributed by atoms with Crippen LogP contribution in [0.4, 0.5) is 5.69 Å². The smallest absolute Gasteiger partial charge is 0.240 e. The molecule has 1 atom stereocenters. The lowest BCUT2D eigenvalue weighted by molar-refractivity contribution is 0.573. The van der Waals surface area contributed by atoms with Gasteiger partial charge in [-0.1, -0.05) is 19.9 Å². The van der Waals surface area contributed by atoms with E-state index < -0.39 is 10.0 Å². The van der Waals surface area contributed by atoms with Crippen LogP contribution in [-0.2, 0) is 16.4 Å². The molecular weight excluding hydrogens is 306 g/mol. The molecule has 2 rings (SSSR count). The average molecular weight is 325 g/mol. The van der Waals surface area contributed by atoms with Gasteiger partial charge in [0.1, 0.15) is 0 Å². The Bertz CT molecular complexity index is 697. The number of hydrogen-bond donors (Lipinski definition) is 2. The molecule has 0 spiro atoms. The maximum absolute atomic E-state index is 12.5. The van der Waals surface area contributed by atoms with Crippen LogP contribution < -0.4 is 10.5 Å². The van der Waals surface area contributed by atoms with Crippen LogP contribution in [-0.4, -0.2) is 19.9 Å². The van der Waals surface area contributed by atoms with E-state index in [-0.39, 0.29) is 10.8 Å². The number of nitrogens with two attached hydrogens (primary N) is 1. The zero-order valence-corrected chi connectivity index (χ0v) is 13.7. The SMILES string of the molecule is CCc1ccc(N)cc1S(=O)(=O)NCC(C)c1nccs1. The molecule has 0 saturated heterocycles. The number of hydrogen-bond acceptors (Lipinski definition) is 5. The van der Waals surface area contributed by atoms with Crippen molar-refractivity contribution in [1.29, 1.82) is 0 Å². The van der Waals surface area contributed by atoms with Crippen molar-refractivity contribution >= 4 is 27.0 Å². The van der Waals surface area contributed by atoms with Gasteiger partial charge in [0.2, 0.25) is 10.0 Å². The number of nitrogens with zero attached hydrogens (tertiary/aromatic N) is 1. The number of sulfonamides is 1. The first-order valence-electron chi connectivity index (χ1n) is 6.71. The van der Waals surface area contributed by atoms with E-state index in [1.807, 2.05) is 19.2 Å². The Hall–Kier alpha value is -1.44. The Morgan fingerprint density at radius 2 is 2.19 bits per heavy atom. The number of rotatable bonds is 6. The molecule has 0 fully saturated rings. The third-order valence-corrected chi connectivity index (χ3v) is 5.73. The Morgan fingerprint density at radius 3 is 2.81 bits per heavy atom. The molecule has 3 N–H and O–H groups in total. The first-order valence-corrected chi connectivity index (χ1v) is 9.07. The number of aromatic nitrogens is 1. The van der Waals surface area contributed by atoms with Gasteiger partial charge in [0.05, 0.1) is 9.90 Å². The van der Waals surface area contributed by atoms with Gasteiger partial charge < -0.3 is 5.73 Å². The molecule has 2 aromatic rings. The summed E-state index contributed by atoms with van der Waals surface area (Å²) >= 11 is 1.52. The molecule has 0 aliphatic carbocycles. The van der Waals surface area contributed by atoms with Crippen LogP contribution in [0.25, 0.3) is 0 Å². The second-order valence-corrected chi connectivity index (χ2v) is 7.51. The number of anilines is 1. The second-order valence-electron chi connectivity index (χ2n) is 4.84. The molecule has 1 aromatic heterocycles. The van der Waals surface area contributed by atoms with E-state index in [4.69, 9.17) is 5.73 Å². The van der Waals surface area contributed by atoms with Crippen molar-refractivity contribution < 1.29 is 8.42 Å². The molecule has 0 aliphatic rings. The molecule has 1 unspecified atom stereocenters. The van der Waals surface area contributed by atoms with Gasteiger partial charge in [-0.25, -0.2) is 18.1 Å². The van der Waals surface area contributed by atoms with Gasteiger partial charge in [-0.15, -0.1) is 11.3 Å². The summed E-state index contributed by atoms with van der Waals surface area (Å²) in [5.74, 6) is 0.0333. The highest BCUT2D eigenvalue weighted by molar-refractivity contribution is 7.89. The third-order valence-electron chi connectivity index (χ3n) is 3.21. The molecule has 21 heavy (non-hydrogen) atoms. The van der Waals surface area contributed by atoms with Crippen LogP contribution in [0, 0.1) is 0 Å². The Kier molecular flexibility index (Phi) is 4.97.